The highest BCUT2D eigenvalue weighted by molar-refractivity contribution is 7.91. The standard InChI is InChI=1S/C13H16N2O4S2/c14-7-5-11-1-3-13(4-2-11)21(18,19)15-9-12-6-8-20(16,17)10-12/h1-4,12,15H,5-6,8-10H2. The molecule has 0 radical (unpaired) electrons. The zero-order chi connectivity index (χ0) is 15.5. The average molecular weight is 328 g/mol. The summed E-state index contributed by atoms with van der Waals surface area (Å²) in [4.78, 5) is 0.116. The quantitative estimate of drug-likeness (QED) is 0.846. The van der Waals surface area contributed by atoms with Gasteiger partial charge in [-0.25, -0.2) is 21.6 Å². The molecule has 1 aromatic carbocycles. The largest absolute Gasteiger partial charge is 0.240 e. The molecule has 0 aromatic heterocycles. The molecule has 1 aliphatic heterocycles. The lowest BCUT2D eigenvalue weighted by molar-refractivity contribution is 0.543. The van der Waals surface area contributed by atoms with Gasteiger partial charge in [0.25, 0.3) is 0 Å². The molecular weight excluding hydrogens is 312 g/mol. The van der Waals surface area contributed by atoms with E-state index in [9.17, 15) is 16.8 Å². The Morgan fingerprint density at radius 1 is 1.29 bits per heavy atom. The molecule has 0 spiro atoms. The van der Waals surface area contributed by atoms with Crippen molar-refractivity contribution >= 4 is 19.9 Å². The van der Waals surface area contributed by atoms with Crippen LogP contribution in [0.1, 0.15) is 12.0 Å². The van der Waals surface area contributed by atoms with Crippen molar-refractivity contribution in [3.63, 3.8) is 0 Å². The minimum Gasteiger partial charge on any atom is -0.229 e. The molecular formula is C13H16N2O4S2. The van der Waals surface area contributed by atoms with E-state index in [4.69, 9.17) is 5.26 Å². The van der Waals surface area contributed by atoms with Gasteiger partial charge in [0.2, 0.25) is 10.0 Å². The van der Waals surface area contributed by atoms with Crippen molar-refractivity contribution in [2.24, 2.45) is 5.92 Å². The maximum atomic E-state index is 12.1. The Bertz CT molecular complexity index is 746. The van der Waals surface area contributed by atoms with Gasteiger partial charge in [0.15, 0.2) is 9.84 Å². The Balaban J connectivity index is 2.00. The molecule has 114 valence electrons. The summed E-state index contributed by atoms with van der Waals surface area (Å²) in [5, 5.41) is 8.57. The van der Waals surface area contributed by atoms with Gasteiger partial charge in [-0.05, 0) is 30.0 Å². The minimum atomic E-state index is -3.64. The van der Waals surface area contributed by atoms with E-state index in [-0.39, 0.29) is 35.3 Å². The second-order valence-corrected chi connectivity index (χ2v) is 9.10. The first-order chi connectivity index (χ1) is 9.82. The van der Waals surface area contributed by atoms with Crippen LogP contribution in [0.15, 0.2) is 29.2 Å². The van der Waals surface area contributed by atoms with E-state index < -0.39 is 19.9 Å². The van der Waals surface area contributed by atoms with Gasteiger partial charge >= 0.3 is 0 Å². The number of sulfonamides is 1. The maximum absolute atomic E-state index is 12.1. The minimum absolute atomic E-state index is 0.0383. The number of benzene rings is 1. The number of nitrogens with zero attached hydrogens (tertiary/aromatic N) is 1. The van der Waals surface area contributed by atoms with Gasteiger partial charge in [-0.3, -0.25) is 0 Å². The molecule has 2 rings (SSSR count). The highest BCUT2D eigenvalue weighted by Crippen LogP contribution is 2.18. The summed E-state index contributed by atoms with van der Waals surface area (Å²) in [5.41, 5.74) is 0.748. The van der Waals surface area contributed by atoms with Gasteiger partial charge in [-0.1, -0.05) is 12.1 Å². The van der Waals surface area contributed by atoms with Gasteiger partial charge in [0.1, 0.15) is 0 Å². The lowest BCUT2D eigenvalue weighted by Gasteiger charge is -2.10. The van der Waals surface area contributed by atoms with Crippen LogP contribution in [0.3, 0.4) is 0 Å². The van der Waals surface area contributed by atoms with Crippen molar-refractivity contribution in [3.8, 4) is 6.07 Å². The average Bonchev–Trinajstić information content (AvgIpc) is 2.77. The maximum Gasteiger partial charge on any atom is 0.240 e. The fourth-order valence-corrected chi connectivity index (χ4v) is 5.20. The van der Waals surface area contributed by atoms with Crippen molar-refractivity contribution < 1.29 is 16.8 Å². The van der Waals surface area contributed by atoms with Crippen LogP contribution in [0.4, 0.5) is 0 Å². The molecule has 1 aliphatic rings. The molecule has 0 bridgehead atoms. The molecule has 1 N–H and O–H groups in total. The molecule has 1 heterocycles. The predicted octanol–water partition coefficient (Wildman–Crippen LogP) is 0.466. The fourth-order valence-electron chi connectivity index (χ4n) is 2.22. The Labute approximate surface area is 124 Å². The molecule has 0 aliphatic carbocycles. The molecule has 1 saturated heterocycles. The van der Waals surface area contributed by atoms with Crippen LogP contribution in [0, 0.1) is 17.2 Å². The van der Waals surface area contributed by atoms with E-state index >= 15 is 0 Å². The van der Waals surface area contributed by atoms with Crippen molar-refractivity contribution in [1.29, 1.82) is 5.26 Å². The van der Waals surface area contributed by atoms with Crippen LogP contribution < -0.4 is 4.72 Å². The van der Waals surface area contributed by atoms with E-state index in [2.05, 4.69) is 4.72 Å². The van der Waals surface area contributed by atoms with E-state index in [1.807, 2.05) is 6.07 Å². The smallest absolute Gasteiger partial charge is 0.229 e. The second-order valence-electron chi connectivity index (χ2n) is 5.10. The highest BCUT2D eigenvalue weighted by Gasteiger charge is 2.28. The molecule has 1 aromatic rings. The first-order valence-corrected chi connectivity index (χ1v) is 9.79. The molecule has 1 fully saturated rings. The first-order valence-electron chi connectivity index (χ1n) is 6.48. The molecule has 21 heavy (non-hydrogen) atoms. The summed E-state index contributed by atoms with van der Waals surface area (Å²) in [6.07, 6.45) is 0.722. The van der Waals surface area contributed by atoms with Crippen molar-refractivity contribution in [3.05, 3.63) is 29.8 Å². The van der Waals surface area contributed by atoms with E-state index in [0.29, 0.717) is 6.42 Å². The molecule has 8 heteroatoms. The number of rotatable bonds is 5. The van der Waals surface area contributed by atoms with Gasteiger partial charge in [0.05, 0.1) is 28.9 Å². The van der Waals surface area contributed by atoms with E-state index in [1.54, 1.807) is 12.1 Å². The Morgan fingerprint density at radius 2 is 1.95 bits per heavy atom. The third-order valence-corrected chi connectivity index (χ3v) is 6.68. The summed E-state index contributed by atoms with van der Waals surface area (Å²) >= 11 is 0. The molecule has 0 saturated carbocycles. The van der Waals surface area contributed by atoms with Crippen LogP contribution in [-0.4, -0.2) is 34.9 Å². The number of hydrogen-bond acceptors (Lipinski definition) is 5. The zero-order valence-corrected chi connectivity index (χ0v) is 13.0. The van der Waals surface area contributed by atoms with Crippen LogP contribution in [0.2, 0.25) is 0 Å². The van der Waals surface area contributed by atoms with Crippen molar-refractivity contribution in [2.45, 2.75) is 17.7 Å². The van der Waals surface area contributed by atoms with Crippen LogP contribution >= 0.6 is 0 Å². The monoisotopic (exact) mass is 328 g/mol. The first kappa shape index (κ1) is 15.9. The topological polar surface area (TPSA) is 104 Å². The highest BCUT2D eigenvalue weighted by atomic mass is 32.2. The number of nitriles is 1. The summed E-state index contributed by atoms with van der Waals surface area (Å²) in [6.45, 7) is 0.126. The van der Waals surface area contributed by atoms with Crippen LogP contribution in [0.5, 0.6) is 0 Å². The van der Waals surface area contributed by atoms with Crippen LogP contribution in [-0.2, 0) is 26.3 Å². The summed E-state index contributed by atoms with van der Waals surface area (Å²) in [6, 6.07) is 8.07. The molecule has 6 nitrogen and oxygen atoms in total. The number of hydrogen-bond donors (Lipinski definition) is 1. The van der Waals surface area contributed by atoms with E-state index in [1.165, 1.54) is 12.1 Å². The Hall–Kier alpha value is -1.43. The summed E-state index contributed by atoms with van der Waals surface area (Å²) < 4.78 is 49.3. The van der Waals surface area contributed by atoms with Gasteiger partial charge < -0.3 is 0 Å². The summed E-state index contributed by atoms with van der Waals surface area (Å²) in [5.74, 6) is 0.00133. The van der Waals surface area contributed by atoms with Crippen LogP contribution in [0.25, 0.3) is 0 Å². The number of sulfone groups is 1. The van der Waals surface area contributed by atoms with Gasteiger partial charge in [-0.15, -0.1) is 0 Å². The summed E-state index contributed by atoms with van der Waals surface area (Å²) in [7, 11) is -6.65. The van der Waals surface area contributed by atoms with Crippen molar-refractivity contribution in [2.75, 3.05) is 18.1 Å². The third kappa shape index (κ3) is 4.27. The normalized spacial score (nSPS) is 21.0. The van der Waals surface area contributed by atoms with Gasteiger partial charge in [0, 0.05) is 6.54 Å². The molecule has 1 atom stereocenters. The van der Waals surface area contributed by atoms with E-state index in [0.717, 1.165) is 5.56 Å². The Kier molecular flexibility index (Phi) is 4.66. The molecule has 0 amide bonds. The SMILES string of the molecule is N#CCc1ccc(S(=O)(=O)NCC2CCS(=O)(=O)C2)cc1. The number of nitrogens with one attached hydrogen (secondary N) is 1. The van der Waals surface area contributed by atoms with Gasteiger partial charge in [-0.2, -0.15) is 5.26 Å². The predicted molar refractivity (Wildman–Crippen MR) is 77.7 cm³/mol. The fraction of sp³-hybridized carbons (Fsp3) is 0.462. The van der Waals surface area contributed by atoms with Crippen molar-refractivity contribution in [1.82, 2.24) is 4.72 Å². The second kappa shape index (κ2) is 6.13. The zero-order valence-electron chi connectivity index (χ0n) is 11.3. The molecule has 1 unspecified atom stereocenters. The third-order valence-electron chi connectivity index (χ3n) is 3.41. The lowest BCUT2D eigenvalue weighted by Crippen LogP contribution is -2.29. The lowest BCUT2D eigenvalue weighted by atomic mass is 10.1. The Morgan fingerprint density at radius 3 is 2.48 bits per heavy atom.